The van der Waals surface area contributed by atoms with Crippen LogP contribution in [0.15, 0.2) is 0 Å². The monoisotopic (exact) mass is 322 g/mol. The Morgan fingerprint density at radius 2 is 0.737 bits per heavy atom. The van der Waals surface area contributed by atoms with Crippen molar-refractivity contribution in [3.8, 4) is 0 Å². The maximum atomic E-state index is 8.88. The average molecular weight is 322 g/mol. The molecule has 16 heteroatoms. The molecule has 1 aromatic heterocycles. The molecular weight excluding hydrogens is 310 g/mol. The quantitative estimate of drug-likeness (QED) is 0.212. The molecule has 1 rings (SSSR count). The zero-order chi connectivity index (χ0) is 15.9. The van der Waals surface area contributed by atoms with E-state index >= 15 is 0 Å². The third-order valence-corrected chi connectivity index (χ3v) is 0.687. The van der Waals surface area contributed by atoms with Crippen molar-refractivity contribution in [3.05, 3.63) is 0 Å². The van der Waals surface area contributed by atoms with E-state index in [1.165, 1.54) is 0 Å². The first-order valence-corrected chi connectivity index (χ1v) is 6.90. The summed E-state index contributed by atoms with van der Waals surface area (Å²) in [6, 6.07) is 0. The molecule has 112 valence electrons. The van der Waals surface area contributed by atoms with Gasteiger partial charge in [0, 0.05) is 0 Å². The van der Waals surface area contributed by atoms with E-state index in [0.717, 1.165) is 0 Å². The highest BCUT2D eigenvalue weighted by Crippen LogP contribution is 2.26. The molecule has 0 radical (unpaired) electrons. The fraction of sp³-hybridized carbons (Fsp3) is 0. The zero-order valence-corrected chi connectivity index (χ0v) is 10.8. The molecule has 0 unspecified atom stereocenters. The van der Waals surface area contributed by atoms with Crippen molar-refractivity contribution < 1.29 is 38.5 Å². The highest BCUT2D eigenvalue weighted by atomic mass is 31.2. The highest BCUT2D eigenvalue weighted by molar-refractivity contribution is 7.45. The van der Waals surface area contributed by atoms with Gasteiger partial charge < -0.3 is 46.6 Å². The number of phosphoric acid groups is 2. The summed E-state index contributed by atoms with van der Waals surface area (Å²) in [7, 11) is -9.28. The summed E-state index contributed by atoms with van der Waals surface area (Å²) >= 11 is 0. The van der Waals surface area contributed by atoms with E-state index in [1.54, 1.807) is 0 Å². The van der Waals surface area contributed by atoms with Crippen molar-refractivity contribution in [1.29, 1.82) is 0 Å². The van der Waals surface area contributed by atoms with Gasteiger partial charge >= 0.3 is 15.6 Å². The van der Waals surface area contributed by atoms with Crippen LogP contribution in [-0.2, 0) is 9.13 Å². The fourth-order valence-corrected chi connectivity index (χ4v) is 0.427. The van der Waals surface area contributed by atoms with Crippen LogP contribution in [0.4, 0.5) is 17.8 Å². The highest BCUT2D eigenvalue weighted by Gasteiger charge is 2.00. The number of rotatable bonds is 0. The Morgan fingerprint density at radius 1 is 0.632 bits per heavy atom. The van der Waals surface area contributed by atoms with Crippen molar-refractivity contribution in [1.82, 2.24) is 15.0 Å². The van der Waals surface area contributed by atoms with E-state index in [-0.39, 0.29) is 17.8 Å². The fourth-order valence-electron chi connectivity index (χ4n) is 0.427. The van der Waals surface area contributed by atoms with Crippen LogP contribution in [-0.4, -0.2) is 44.3 Å². The molecule has 0 aliphatic rings. The van der Waals surface area contributed by atoms with E-state index in [4.69, 9.17) is 55.7 Å². The first-order chi connectivity index (χ1) is 8.18. The standard InChI is InChI=1S/C3H6N6.2H3O4P/c4-1-7-2(5)9-3(6)8-1;2*1-5(2,3)4/h(H6,4,5,6,7,8,9);2*(H3,1,2,3,4). The lowest BCUT2D eigenvalue weighted by Gasteiger charge is -1.93. The van der Waals surface area contributed by atoms with Gasteiger partial charge in [0.2, 0.25) is 17.8 Å². The second kappa shape index (κ2) is 7.93. The lowest BCUT2D eigenvalue weighted by molar-refractivity contribution is 0.272. The van der Waals surface area contributed by atoms with Gasteiger partial charge in [0.1, 0.15) is 0 Å². The second-order valence-electron chi connectivity index (χ2n) is 2.44. The zero-order valence-electron chi connectivity index (χ0n) is 8.97. The minimum absolute atomic E-state index is 0.0417. The van der Waals surface area contributed by atoms with Crippen molar-refractivity contribution in [2.75, 3.05) is 17.2 Å². The van der Waals surface area contributed by atoms with Crippen molar-refractivity contribution in [2.24, 2.45) is 0 Å². The van der Waals surface area contributed by atoms with Gasteiger partial charge in [0.15, 0.2) is 0 Å². The molecule has 0 saturated heterocycles. The number of aromatic nitrogens is 3. The predicted molar refractivity (Wildman–Crippen MR) is 61.6 cm³/mol. The van der Waals surface area contributed by atoms with E-state index in [1.807, 2.05) is 0 Å². The Bertz CT molecular complexity index is 396. The van der Waals surface area contributed by atoms with Gasteiger partial charge in [-0.05, 0) is 0 Å². The molecule has 0 atom stereocenters. The van der Waals surface area contributed by atoms with E-state index < -0.39 is 15.6 Å². The minimum Gasteiger partial charge on any atom is -0.368 e. The van der Waals surface area contributed by atoms with Crippen molar-refractivity contribution in [2.45, 2.75) is 0 Å². The van der Waals surface area contributed by atoms with Gasteiger partial charge in [-0.25, -0.2) is 9.13 Å². The summed E-state index contributed by atoms with van der Waals surface area (Å²) in [5, 5.41) is 0. The normalized spacial score (nSPS) is 10.6. The first-order valence-electron chi connectivity index (χ1n) is 3.77. The molecule has 0 aromatic carbocycles. The number of hydrogen-bond acceptors (Lipinski definition) is 8. The number of nitrogen functional groups attached to an aromatic ring is 3. The smallest absolute Gasteiger partial charge is 0.368 e. The van der Waals surface area contributed by atoms with Gasteiger partial charge in [-0.1, -0.05) is 0 Å². The molecule has 0 aliphatic carbocycles. The van der Waals surface area contributed by atoms with E-state index in [9.17, 15) is 0 Å². The van der Waals surface area contributed by atoms with Gasteiger partial charge in [-0.3, -0.25) is 0 Å². The molecule has 1 aromatic rings. The number of nitrogens with zero attached hydrogens (tertiary/aromatic N) is 3. The molecule has 0 fully saturated rings. The molecule has 14 nitrogen and oxygen atoms in total. The molecule has 0 bridgehead atoms. The number of hydrogen-bond donors (Lipinski definition) is 9. The topological polar surface area (TPSA) is 272 Å². The van der Waals surface area contributed by atoms with Gasteiger partial charge in [-0.15, -0.1) is 0 Å². The third kappa shape index (κ3) is 31.5. The Labute approximate surface area is 105 Å². The van der Waals surface area contributed by atoms with E-state index in [0.29, 0.717) is 0 Å². The van der Waals surface area contributed by atoms with Crippen LogP contribution in [0.1, 0.15) is 0 Å². The van der Waals surface area contributed by atoms with Crippen LogP contribution in [0.5, 0.6) is 0 Å². The Kier molecular flexibility index (Phi) is 8.33. The molecule has 0 aliphatic heterocycles. The molecule has 0 saturated carbocycles. The Hall–Kier alpha value is -1.37. The number of nitrogens with two attached hydrogens (primary N) is 3. The largest absolute Gasteiger partial charge is 0.466 e. The van der Waals surface area contributed by atoms with Crippen LogP contribution in [0.25, 0.3) is 0 Å². The summed E-state index contributed by atoms with van der Waals surface area (Å²) in [5.41, 5.74) is 15.4. The van der Waals surface area contributed by atoms with Crippen molar-refractivity contribution in [3.63, 3.8) is 0 Å². The summed E-state index contributed by atoms with van der Waals surface area (Å²) in [4.78, 5) is 53.6. The van der Waals surface area contributed by atoms with Crippen LogP contribution in [0.2, 0.25) is 0 Å². The predicted octanol–water partition coefficient (Wildman–Crippen LogP) is -3.24. The van der Waals surface area contributed by atoms with Gasteiger partial charge in [0.25, 0.3) is 0 Å². The van der Waals surface area contributed by atoms with Gasteiger partial charge in [-0.2, -0.15) is 15.0 Å². The maximum absolute atomic E-state index is 8.88. The molecule has 12 N–H and O–H groups in total. The third-order valence-electron chi connectivity index (χ3n) is 0.687. The summed E-state index contributed by atoms with van der Waals surface area (Å²) in [6.45, 7) is 0. The van der Waals surface area contributed by atoms with Gasteiger partial charge in [0.05, 0.1) is 0 Å². The van der Waals surface area contributed by atoms with Crippen LogP contribution in [0.3, 0.4) is 0 Å². The summed E-state index contributed by atoms with van der Waals surface area (Å²) < 4.78 is 17.8. The maximum Gasteiger partial charge on any atom is 0.466 e. The summed E-state index contributed by atoms with van der Waals surface area (Å²) in [5.74, 6) is 0.125. The van der Waals surface area contributed by atoms with Crippen LogP contribution in [0, 0.1) is 0 Å². The molecule has 19 heavy (non-hydrogen) atoms. The molecule has 0 amide bonds. The van der Waals surface area contributed by atoms with Crippen LogP contribution < -0.4 is 17.2 Å². The van der Waals surface area contributed by atoms with Crippen LogP contribution >= 0.6 is 15.6 Å². The number of anilines is 3. The molecular formula is C3H12N6O8P2. The minimum atomic E-state index is -4.64. The lowest BCUT2D eigenvalue weighted by atomic mass is 10.9. The Morgan fingerprint density at radius 3 is 0.842 bits per heavy atom. The molecule has 0 spiro atoms. The lowest BCUT2D eigenvalue weighted by Crippen LogP contribution is -2.05. The second-order valence-corrected chi connectivity index (χ2v) is 4.49. The van der Waals surface area contributed by atoms with Crippen molar-refractivity contribution >= 4 is 33.5 Å². The SMILES string of the molecule is Nc1nc(N)nc(N)n1.O=P(O)(O)O.O=P(O)(O)O. The Balaban J connectivity index is 0. The summed E-state index contributed by atoms with van der Waals surface area (Å²) in [6.07, 6.45) is 0. The first kappa shape index (κ1) is 20.0. The van der Waals surface area contributed by atoms with E-state index in [2.05, 4.69) is 15.0 Å². The average Bonchev–Trinajstić information content (AvgIpc) is 1.91. The molecule has 1 heterocycles.